The van der Waals surface area contributed by atoms with E-state index >= 15 is 0 Å². The van der Waals surface area contributed by atoms with Crippen LogP contribution in [0.2, 0.25) is 0 Å². The molecular weight excluding hydrogens is 346 g/mol. The normalized spacial score (nSPS) is 14.0. The van der Waals surface area contributed by atoms with E-state index in [1.807, 2.05) is 4.68 Å². The summed E-state index contributed by atoms with van der Waals surface area (Å²) in [6.07, 6.45) is 3.82. The largest absolute Gasteiger partial charge is 0.475 e. The van der Waals surface area contributed by atoms with Crippen LogP contribution in [0.5, 0.6) is 0 Å². The van der Waals surface area contributed by atoms with Crippen molar-refractivity contribution in [1.82, 2.24) is 9.78 Å². The lowest BCUT2D eigenvalue weighted by Gasteiger charge is -2.11. The minimum absolute atomic E-state index is 0.126. The molecular formula is C20H21N3O4. The molecule has 1 fully saturated rings. The molecule has 3 aromatic rings. The van der Waals surface area contributed by atoms with Crippen LogP contribution in [0.15, 0.2) is 34.9 Å². The standard InChI is InChI=1S/C20H21N3O4/c1-11(2)10-23-18(12-3-4-12)15(9-21-23)19(24)22-14-5-6-16-13(7-14)8-17(27-16)20(25)26/h5-9,11-12H,3-4,10H2,1-2H3,(H,22,24)(H,25,26). The Morgan fingerprint density at radius 3 is 2.78 bits per heavy atom. The first-order chi connectivity index (χ1) is 12.9. The maximum atomic E-state index is 12.8. The maximum Gasteiger partial charge on any atom is 0.371 e. The first-order valence-corrected chi connectivity index (χ1v) is 9.06. The Bertz CT molecular complexity index is 1030. The van der Waals surface area contributed by atoms with E-state index in [0.29, 0.717) is 34.1 Å². The number of carboxylic acid groups (broad SMARTS) is 1. The fourth-order valence-electron chi connectivity index (χ4n) is 3.27. The average molecular weight is 367 g/mol. The van der Waals surface area contributed by atoms with Gasteiger partial charge in [-0.1, -0.05) is 13.8 Å². The smallest absolute Gasteiger partial charge is 0.371 e. The number of benzene rings is 1. The molecule has 0 unspecified atom stereocenters. The number of nitrogens with one attached hydrogen (secondary N) is 1. The van der Waals surface area contributed by atoms with Crippen LogP contribution < -0.4 is 5.32 Å². The summed E-state index contributed by atoms with van der Waals surface area (Å²) >= 11 is 0. The SMILES string of the molecule is CC(C)Cn1ncc(C(=O)Nc2ccc3oc(C(=O)O)cc3c2)c1C1CC1. The number of carbonyl (C=O) groups excluding carboxylic acids is 1. The van der Waals surface area contributed by atoms with E-state index in [9.17, 15) is 9.59 Å². The molecule has 2 aromatic heterocycles. The van der Waals surface area contributed by atoms with E-state index in [1.165, 1.54) is 6.07 Å². The molecule has 1 aliphatic carbocycles. The number of furan rings is 1. The third kappa shape index (κ3) is 3.45. The Morgan fingerprint density at radius 1 is 1.33 bits per heavy atom. The van der Waals surface area contributed by atoms with Crippen molar-refractivity contribution in [2.45, 2.75) is 39.2 Å². The summed E-state index contributed by atoms with van der Waals surface area (Å²) in [6.45, 7) is 5.05. The van der Waals surface area contributed by atoms with E-state index < -0.39 is 5.97 Å². The molecule has 27 heavy (non-hydrogen) atoms. The van der Waals surface area contributed by atoms with E-state index in [1.54, 1.807) is 24.4 Å². The summed E-state index contributed by atoms with van der Waals surface area (Å²) in [5.41, 5.74) is 2.67. The van der Waals surface area contributed by atoms with Crippen molar-refractivity contribution in [3.63, 3.8) is 0 Å². The highest BCUT2D eigenvalue weighted by Gasteiger charge is 2.32. The summed E-state index contributed by atoms with van der Waals surface area (Å²) in [7, 11) is 0. The quantitative estimate of drug-likeness (QED) is 0.683. The zero-order valence-electron chi connectivity index (χ0n) is 15.2. The summed E-state index contributed by atoms with van der Waals surface area (Å²) in [6, 6.07) is 6.51. The van der Waals surface area contributed by atoms with Gasteiger partial charge >= 0.3 is 5.97 Å². The molecule has 4 rings (SSSR count). The number of carboxylic acids is 1. The number of anilines is 1. The number of aromatic carboxylic acids is 1. The predicted octanol–water partition coefficient (Wildman–Crippen LogP) is 4.11. The number of hydrogen-bond donors (Lipinski definition) is 2. The van der Waals surface area contributed by atoms with Crippen LogP contribution in [0.1, 0.15) is 59.2 Å². The molecule has 1 aliphatic rings. The number of hydrogen-bond acceptors (Lipinski definition) is 4. The lowest BCUT2D eigenvalue weighted by molar-refractivity contribution is 0.0665. The van der Waals surface area contributed by atoms with Crippen LogP contribution >= 0.6 is 0 Å². The van der Waals surface area contributed by atoms with Crippen LogP contribution in [-0.4, -0.2) is 26.8 Å². The third-order valence-corrected chi connectivity index (χ3v) is 4.61. The lowest BCUT2D eigenvalue weighted by atomic mass is 10.1. The highest BCUT2D eigenvalue weighted by molar-refractivity contribution is 6.06. The number of carbonyl (C=O) groups is 2. The van der Waals surface area contributed by atoms with Crippen LogP contribution in [-0.2, 0) is 6.54 Å². The second-order valence-corrected chi connectivity index (χ2v) is 7.42. The van der Waals surface area contributed by atoms with E-state index in [4.69, 9.17) is 9.52 Å². The average Bonchev–Trinajstić information content (AvgIpc) is 3.21. The molecule has 7 nitrogen and oxygen atoms in total. The van der Waals surface area contributed by atoms with Gasteiger partial charge in [-0.05, 0) is 43.0 Å². The van der Waals surface area contributed by atoms with Gasteiger partial charge in [-0.3, -0.25) is 9.48 Å². The Kier molecular flexibility index (Phi) is 4.22. The monoisotopic (exact) mass is 367 g/mol. The minimum Gasteiger partial charge on any atom is -0.475 e. The second kappa shape index (κ2) is 6.57. The van der Waals surface area contributed by atoms with Crippen LogP contribution in [0.3, 0.4) is 0 Å². The molecule has 7 heteroatoms. The van der Waals surface area contributed by atoms with Crippen molar-refractivity contribution in [1.29, 1.82) is 0 Å². The third-order valence-electron chi connectivity index (χ3n) is 4.61. The van der Waals surface area contributed by atoms with Gasteiger partial charge < -0.3 is 14.8 Å². The van der Waals surface area contributed by atoms with Crippen LogP contribution in [0.4, 0.5) is 5.69 Å². The molecule has 1 aromatic carbocycles. The van der Waals surface area contributed by atoms with Gasteiger partial charge in [0.1, 0.15) is 5.58 Å². The van der Waals surface area contributed by atoms with Crippen molar-refractivity contribution in [2.75, 3.05) is 5.32 Å². The predicted molar refractivity (Wildman–Crippen MR) is 100 cm³/mol. The Balaban J connectivity index is 1.59. The minimum atomic E-state index is -1.12. The van der Waals surface area contributed by atoms with Gasteiger partial charge in [0.25, 0.3) is 5.91 Å². The summed E-state index contributed by atoms with van der Waals surface area (Å²) < 4.78 is 7.20. The molecule has 0 aliphatic heterocycles. The fraction of sp³-hybridized carbons (Fsp3) is 0.350. The van der Waals surface area contributed by atoms with Gasteiger partial charge in [0.05, 0.1) is 17.5 Å². The summed E-state index contributed by atoms with van der Waals surface area (Å²) in [4.78, 5) is 23.9. The molecule has 140 valence electrons. The van der Waals surface area contributed by atoms with Crippen molar-refractivity contribution in [3.05, 3.63) is 47.5 Å². The summed E-state index contributed by atoms with van der Waals surface area (Å²) in [5.74, 6) is -0.595. The molecule has 0 saturated heterocycles. The zero-order chi connectivity index (χ0) is 19.1. The van der Waals surface area contributed by atoms with Gasteiger partial charge in [0, 0.05) is 23.5 Å². The van der Waals surface area contributed by atoms with E-state index in [0.717, 1.165) is 25.1 Å². The molecule has 0 radical (unpaired) electrons. The first-order valence-electron chi connectivity index (χ1n) is 9.06. The summed E-state index contributed by atoms with van der Waals surface area (Å²) in [5, 5.41) is 17.0. The Labute approximate surface area is 156 Å². The first kappa shape index (κ1) is 17.3. The van der Waals surface area contributed by atoms with Crippen LogP contribution in [0.25, 0.3) is 11.0 Å². The molecule has 0 atom stereocenters. The molecule has 0 bridgehead atoms. The van der Waals surface area contributed by atoms with Gasteiger partial charge in [-0.15, -0.1) is 0 Å². The van der Waals surface area contributed by atoms with Gasteiger partial charge in [-0.25, -0.2) is 4.79 Å². The number of fused-ring (bicyclic) bond motifs is 1. The molecule has 1 saturated carbocycles. The fourth-order valence-corrected chi connectivity index (χ4v) is 3.27. The zero-order valence-corrected chi connectivity index (χ0v) is 15.2. The number of nitrogens with zero attached hydrogens (tertiary/aromatic N) is 2. The van der Waals surface area contributed by atoms with E-state index in [-0.39, 0.29) is 11.7 Å². The number of rotatable bonds is 6. The van der Waals surface area contributed by atoms with Gasteiger partial charge in [0.2, 0.25) is 5.76 Å². The van der Waals surface area contributed by atoms with Crippen molar-refractivity contribution < 1.29 is 19.1 Å². The number of amides is 1. The highest BCUT2D eigenvalue weighted by atomic mass is 16.4. The van der Waals surface area contributed by atoms with Gasteiger partial charge in [0.15, 0.2) is 0 Å². The Hall–Kier alpha value is -3.09. The lowest BCUT2D eigenvalue weighted by Crippen LogP contribution is -2.15. The molecule has 2 heterocycles. The van der Waals surface area contributed by atoms with Gasteiger partial charge in [-0.2, -0.15) is 5.10 Å². The Morgan fingerprint density at radius 2 is 2.11 bits per heavy atom. The van der Waals surface area contributed by atoms with E-state index in [2.05, 4.69) is 24.3 Å². The van der Waals surface area contributed by atoms with Crippen molar-refractivity contribution >= 4 is 28.5 Å². The van der Waals surface area contributed by atoms with Crippen molar-refractivity contribution in [2.24, 2.45) is 5.92 Å². The topological polar surface area (TPSA) is 97.4 Å². The maximum absolute atomic E-state index is 12.8. The highest BCUT2D eigenvalue weighted by Crippen LogP contribution is 2.42. The number of aromatic nitrogens is 2. The van der Waals surface area contributed by atoms with Crippen LogP contribution in [0, 0.1) is 5.92 Å². The van der Waals surface area contributed by atoms with Crippen molar-refractivity contribution in [3.8, 4) is 0 Å². The molecule has 0 spiro atoms. The molecule has 1 amide bonds. The molecule has 2 N–H and O–H groups in total. The second-order valence-electron chi connectivity index (χ2n) is 7.42.